The Hall–Kier alpha value is -2.16. The zero-order valence-corrected chi connectivity index (χ0v) is 12.4. The van der Waals surface area contributed by atoms with Crippen molar-refractivity contribution in [2.75, 3.05) is 0 Å². The number of hydrogen-bond acceptors (Lipinski definition) is 2. The molecular weight excluding hydrogens is 246 g/mol. The molecule has 0 saturated heterocycles. The van der Waals surface area contributed by atoms with Crippen LogP contribution in [0.25, 0.3) is 22.2 Å². The van der Waals surface area contributed by atoms with E-state index in [-0.39, 0.29) is 0 Å². The van der Waals surface area contributed by atoms with Crippen molar-refractivity contribution in [1.82, 2.24) is 14.8 Å². The van der Waals surface area contributed by atoms with Gasteiger partial charge in [0, 0.05) is 24.2 Å². The summed E-state index contributed by atoms with van der Waals surface area (Å²) in [6.45, 7) is 6.54. The molecule has 3 rings (SSSR count). The Morgan fingerprint density at radius 3 is 2.70 bits per heavy atom. The molecule has 0 fully saturated rings. The van der Waals surface area contributed by atoms with Crippen LogP contribution >= 0.6 is 0 Å². The van der Waals surface area contributed by atoms with Crippen LogP contribution in [0.15, 0.2) is 36.7 Å². The molecule has 102 valence electrons. The molecule has 0 aliphatic carbocycles. The van der Waals surface area contributed by atoms with Crippen molar-refractivity contribution in [3.63, 3.8) is 0 Å². The number of fused-ring (bicyclic) bond motifs is 1. The molecule has 3 nitrogen and oxygen atoms in total. The molecule has 0 spiro atoms. The number of rotatable bonds is 2. The molecule has 3 heteroatoms. The fourth-order valence-corrected chi connectivity index (χ4v) is 2.53. The summed E-state index contributed by atoms with van der Waals surface area (Å²) in [4.78, 5) is 4.54. The molecule has 0 aliphatic rings. The summed E-state index contributed by atoms with van der Waals surface area (Å²) in [5.41, 5.74) is 5.94. The Kier molecular flexibility index (Phi) is 3.05. The first kappa shape index (κ1) is 12.9. The zero-order valence-electron chi connectivity index (χ0n) is 12.4. The lowest BCUT2D eigenvalue weighted by Gasteiger charge is -2.10. The van der Waals surface area contributed by atoms with E-state index in [0.29, 0.717) is 5.92 Å². The third-order valence-corrected chi connectivity index (χ3v) is 3.82. The summed E-state index contributed by atoms with van der Waals surface area (Å²) in [5, 5.41) is 5.47. The fraction of sp³-hybridized carbons (Fsp3) is 0.294. The number of aryl methyl sites for hydroxylation is 2. The molecule has 20 heavy (non-hydrogen) atoms. The lowest BCUT2D eigenvalue weighted by atomic mass is 9.98. The minimum atomic E-state index is 0.513. The van der Waals surface area contributed by atoms with E-state index in [0.717, 1.165) is 16.6 Å². The Labute approximate surface area is 119 Å². The van der Waals surface area contributed by atoms with Crippen molar-refractivity contribution in [2.45, 2.75) is 26.7 Å². The largest absolute Gasteiger partial charge is 0.268 e. The van der Waals surface area contributed by atoms with Gasteiger partial charge in [-0.25, -0.2) is 0 Å². The third kappa shape index (κ3) is 2.09. The van der Waals surface area contributed by atoms with Crippen molar-refractivity contribution in [3.05, 3.63) is 47.8 Å². The topological polar surface area (TPSA) is 30.7 Å². The first-order valence-corrected chi connectivity index (χ1v) is 6.95. The number of pyridine rings is 1. The highest BCUT2D eigenvalue weighted by Gasteiger charge is 2.09. The Balaban J connectivity index is 2.18. The maximum absolute atomic E-state index is 4.54. The molecule has 0 radical (unpaired) electrons. The van der Waals surface area contributed by atoms with Gasteiger partial charge in [-0.3, -0.25) is 9.67 Å². The smallest absolute Gasteiger partial charge is 0.0707 e. The van der Waals surface area contributed by atoms with Crippen LogP contribution in [0.2, 0.25) is 0 Å². The Morgan fingerprint density at radius 2 is 1.95 bits per heavy atom. The molecule has 0 N–H and O–H groups in total. The van der Waals surface area contributed by atoms with Gasteiger partial charge < -0.3 is 0 Å². The maximum atomic E-state index is 4.54. The first-order valence-electron chi connectivity index (χ1n) is 6.95. The minimum Gasteiger partial charge on any atom is -0.268 e. The highest BCUT2D eigenvalue weighted by Crippen LogP contribution is 2.28. The van der Waals surface area contributed by atoms with Crippen LogP contribution in [-0.4, -0.2) is 14.8 Å². The van der Waals surface area contributed by atoms with E-state index in [9.17, 15) is 0 Å². The van der Waals surface area contributed by atoms with Crippen LogP contribution in [-0.2, 0) is 7.05 Å². The minimum absolute atomic E-state index is 0.513. The Bertz CT molecular complexity index is 769. The molecule has 0 aliphatic heterocycles. The van der Waals surface area contributed by atoms with Gasteiger partial charge in [-0.15, -0.1) is 0 Å². The van der Waals surface area contributed by atoms with Gasteiger partial charge in [0.1, 0.15) is 0 Å². The van der Waals surface area contributed by atoms with E-state index < -0.39 is 0 Å². The molecule has 3 aromatic rings. The van der Waals surface area contributed by atoms with Crippen molar-refractivity contribution in [3.8, 4) is 11.3 Å². The van der Waals surface area contributed by atoms with Crippen LogP contribution in [0.1, 0.15) is 30.9 Å². The van der Waals surface area contributed by atoms with Gasteiger partial charge in [-0.05, 0) is 48.2 Å². The normalized spacial score (nSPS) is 11.4. The second kappa shape index (κ2) is 4.75. The molecule has 0 bridgehead atoms. The first-order chi connectivity index (χ1) is 9.56. The van der Waals surface area contributed by atoms with Crippen molar-refractivity contribution in [1.29, 1.82) is 0 Å². The monoisotopic (exact) mass is 265 g/mol. The van der Waals surface area contributed by atoms with Gasteiger partial charge in [-0.1, -0.05) is 13.8 Å². The predicted octanol–water partition coefficient (Wildman–Crippen LogP) is 4.07. The number of nitrogens with zero attached hydrogens (tertiary/aromatic N) is 3. The maximum Gasteiger partial charge on any atom is 0.0707 e. The molecule has 2 aromatic heterocycles. The molecule has 0 amide bonds. The zero-order chi connectivity index (χ0) is 14.3. The van der Waals surface area contributed by atoms with Crippen molar-refractivity contribution in [2.24, 2.45) is 7.05 Å². The van der Waals surface area contributed by atoms with Crippen LogP contribution < -0.4 is 0 Å². The predicted molar refractivity (Wildman–Crippen MR) is 82.8 cm³/mol. The van der Waals surface area contributed by atoms with Gasteiger partial charge in [0.15, 0.2) is 0 Å². The van der Waals surface area contributed by atoms with Crippen LogP contribution in [0.5, 0.6) is 0 Å². The van der Waals surface area contributed by atoms with Crippen LogP contribution in [0.3, 0.4) is 0 Å². The lowest BCUT2D eigenvalue weighted by Crippen LogP contribution is -1.93. The van der Waals surface area contributed by atoms with Gasteiger partial charge in [0.05, 0.1) is 17.4 Å². The molecular formula is C17H19N3. The third-order valence-electron chi connectivity index (χ3n) is 3.82. The van der Waals surface area contributed by atoms with Gasteiger partial charge in [0.25, 0.3) is 0 Å². The molecule has 0 saturated carbocycles. The fourth-order valence-electron chi connectivity index (χ4n) is 2.53. The quantitative estimate of drug-likeness (QED) is 0.699. The van der Waals surface area contributed by atoms with E-state index in [1.54, 1.807) is 0 Å². The number of benzene rings is 1. The number of aromatic nitrogens is 3. The van der Waals surface area contributed by atoms with E-state index in [2.05, 4.69) is 55.1 Å². The average molecular weight is 265 g/mol. The van der Waals surface area contributed by atoms with Crippen LogP contribution in [0, 0.1) is 6.92 Å². The second-order valence-corrected chi connectivity index (χ2v) is 5.62. The summed E-state index contributed by atoms with van der Waals surface area (Å²) in [7, 11) is 1.97. The summed E-state index contributed by atoms with van der Waals surface area (Å²) < 4.78 is 1.91. The lowest BCUT2D eigenvalue weighted by molar-refractivity contribution is 0.796. The highest BCUT2D eigenvalue weighted by atomic mass is 15.2. The second-order valence-electron chi connectivity index (χ2n) is 5.62. The van der Waals surface area contributed by atoms with E-state index in [4.69, 9.17) is 0 Å². The van der Waals surface area contributed by atoms with E-state index in [1.165, 1.54) is 16.7 Å². The van der Waals surface area contributed by atoms with Gasteiger partial charge in [-0.2, -0.15) is 5.10 Å². The van der Waals surface area contributed by atoms with E-state index in [1.807, 2.05) is 24.1 Å². The summed E-state index contributed by atoms with van der Waals surface area (Å²) in [6, 6.07) is 8.65. The summed E-state index contributed by atoms with van der Waals surface area (Å²) in [5.74, 6) is 0.513. The van der Waals surface area contributed by atoms with Crippen molar-refractivity contribution < 1.29 is 0 Å². The molecule has 1 aromatic carbocycles. The molecule has 0 atom stereocenters. The average Bonchev–Trinajstić information content (AvgIpc) is 2.79. The van der Waals surface area contributed by atoms with Crippen molar-refractivity contribution >= 4 is 10.9 Å². The number of hydrogen-bond donors (Lipinski definition) is 0. The standard InChI is InChI=1S/C17H19N3/c1-11(2)13-5-6-18-16(9-13)15-8-14-10-19-20(4)17(14)7-12(15)3/h5-11H,1-4H3. The molecule has 0 unspecified atom stereocenters. The highest BCUT2D eigenvalue weighted by molar-refractivity contribution is 5.85. The van der Waals surface area contributed by atoms with Gasteiger partial charge >= 0.3 is 0 Å². The molecule has 2 heterocycles. The van der Waals surface area contributed by atoms with E-state index >= 15 is 0 Å². The summed E-state index contributed by atoms with van der Waals surface area (Å²) in [6.07, 6.45) is 3.81. The van der Waals surface area contributed by atoms with Crippen LogP contribution in [0.4, 0.5) is 0 Å². The summed E-state index contributed by atoms with van der Waals surface area (Å²) >= 11 is 0. The van der Waals surface area contributed by atoms with Gasteiger partial charge in [0.2, 0.25) is 0 Å². The SMILES string of the molecule is Cc1cc2c(cnn2C)cc1-c1cc(C(C)C)ccn1. The Morgan fingerprint density at radius 1 is 1.15 bits per heavy atom.